The van der Waals surface area contributed by atoms with Gasteiger partial charge in [0, 0.05) is 9.75 Å². The SMILES string of the molecule is Cc1ccc(C2C(C(=O)c3cccs3)=C(O)C(=O)N2c2nncs2)s1. The highest BCUT2D eigenvalue weighted by Gasteiger charge is 2.46. The summed E-state index contributed by atoms with van der Waals surface area (Å²) in [6, 6.07) is 6.53. The molecular formula is C16H11N3O3S3. The van der Waals surface area contributed by atoms with E-state index in [4.69, 9.17) is 0 Å². The first-order valence-electron chi connectivity index (χ1n) is 7.25. The molecule has 3 aromatic heterocycles. The van der Waals surface area contributed by atoms with Crippen molar-refractivity contribution in [2.75, 3.05) is 4.90 Å². The molecule has 126 valence electrons. The average molecular weight is 389 g/mol. The van der Waals surface area contributed by atoms with Gasteiger partial charge in [-0.25, -0.2) is 0 Å². The summed E-state index contributed by atoms with van der Waals surface area (Å²) in [6.07, 6.45) is 0. The molecule has 3 aromatic rings. The molecule has 4 rings (SSSR count). The lowest BCUT2D eigenvalue weighted by molar-refractivity contribution is -0.117. The first kappa shape index (κ1) is 16.1. The van der Waals surface area contributed by atoms with Crippen LogP contribution in [0.25, 0.3) is 0 Å². The van der Waals surface area contributed by atoms with Crippen molar-refractivity contribution in [3.8, 4) is 0 Å². The lowest BCUT2D eigenvalue weighted by Gasteiger charge is -2.22. The molecule has 0 spiro atoms. The van der Waals surface area contributed by atoms with Gasteiger partial charge in [0.2, 0.25) is 10.9 Å². The standard InChI is InChI=1S/C16H11N3O3S3/c1-8-4-5-9(25-8)12-11(13(20)10-3-2-6-23-10)14(21)15(22)19(12)16-18-17-7-24-16/h2-7,12,21H,1H3. The molecule has 0 bridgehead atoms. The second-order valence-electron chi connectivity index (χ2n) is 5.32. The van der Waals surface area contributed by atoms with Crippen molar-refractivity contribution in [2.24, 2.45) is 0 Å². The van der Waals surface area contributed by atoms with Crippen LogP contribution in [-0.4, -0.2) is 27.0 Å². The van der Waals surface area contributed by atoms with E-state index < -0.39 is 17.7 Å². The summed E-state index contributed by atoms with van der Waals surface area (Å²) in [5.74, 6) is -1.50. The maximum absolute atomic E-state index is 13.0. The molecule has 25 heavy (non-hydrogen) atoms. The molecule has 1 amide bonds. The van der Waals surface area contributed by atoms with Gasteiger partial charge in [0.25, 0.3) is 5.91 Å². The summed E-state index contributed by atoms with van der Waals surface area (Å²) in [5.41, 5.74) is 1.60. The predicted molar refractivity (Wildman–Crippen MR) is 97.5 cm³/mol. The van der Waals surface area contributed by atoms with Crippen LogP contribution in [0.3, 0.4) is 0 Å². The van der Waals surface area contributed by atoms with E-state index in [1.807, 2.05) is 19.1 Å². The summed E-state index contributed by atoms with van der Waals surface area (Å²) >= 11 is 3.94. The number of anilines is 1. The van der Waals surface area contributed by atoms with Gasteiger partial charge in [0.15, 0.2) is 5.76 Å². The number of hydrogen-bond donors (Lipinski definition) is 1. The van der Waals surface area contributed by atoms with Gasteiger partial charge >= 0.3 is 0 Å². The number of carbonyl (C=O) groups is 2. The van der Waals surface area contributed by atoms with Crippen molar-refractivity contribution in [1.82, 2.24) is 10.2 Å². The normalized spacial score (nSPS) is 17.6. The smallest absolute Gasteiger partial charge is 0.296 e. The Morgan fingerprint density at radius 1 is 1.28 bits per heavy atom. The zero-order valence-electron chi connectivity index (χ0n) is 12.9. The summed E-state index contributed by atoms with van der Waals surface area (Å²) in [6.45, 7) is 1.95. The Hall–Kier alpha value is -2.36. The highest BCUT2D eigenvalue weighted by molar-refractivity contribution is 7.14. The third-order valence-corrected chi connectivity index (χ3v) is 6.39. The maximum Gasteiger partial charge on any atom is 0.296 e. The van der Waals surface area contributed by atoms with E-state index in [2.05, 4.69) is 10.2 Å². The number of nitrogens with zero attached hydrogens (tertiary/aromatic N) is 3. The summed E-state index contributed by atoms with van der Waals surface area (Å²) in [7, 11) is 0. The molecule has 1 N–H and O–H groups in total. The van der Waals surface area contributed by atoms with Crippen LogP contribution < -0.4 is 4.90 Å². The number of thiophene rings is 2. The molecule has 4 heterocycles. The third-order valence-electron chi connectivity index (χ3n) is 3.78. The Morgan fingerprint density at radius 2 is 2.12 bits per heavy atom. The van der Waals surface area contributed by atoms with Crippen molar-refractivity contribution in [1.29, 1.82) is 0 Å². The fourth-order valence-electron chi connectivity index (χ4n) is 2.72. The van der Waals surface area contributed by atoms with Crippen molar-refractivity contribution in [2.45, 2.75) is 13.0 Å². The average Bonchev–Trinajstić information content (AvgIpc) is 3.36. The summed E-state index contributed by atoms with van der Waals surface area (Å²) < 4.78 is 0. The van der Waals surface area contributed by atoms with Gasteiger partial charge in [0.1, 0.15) is 11.6 Å². The third kappa shape index (κ3) is 2.60. The monoisotopic (exact) mass is 389 g/mol. The molecule has 0 fully saturated rings. The molecule has 1 atom stereocenters. The van der Waals surface area contributed by atoms with Crippen LogP contribution >= 0.6 is 34.0 Å². The Labute approximate surface area is 154 Å². The highest BCUT2D eigenvalue weighted by atomic mass is 32.1. The Kier molecular flexibility index (Phi) is 3.98. The molecule has 1 aliphatic heterocycles. The minimum Gasteiger partial charge on any atom is -0.503 e. The van der Waals surface area contributed by atoms with Crippen LogP contribution in [-0.2, 0) is 4.79 Å². The van der Waals surface area contributed by atoms with Crippen LogP contribution in [0.2, 0.25) is 0 Å². The van der Waals surface area contributed by atoms with Gasteiger partial charge in [-0.1, -0.05) is 17.4 Å². The number of Topliss-reactive ketones (excluding diaryl/α,β-unsaturated/α-hetero) is 1. The molecule has 0 saturated heterocycles. The van der Waals surface area contributed by atoms with E-state index in [0.29, 0.717) is 10.0 Å². The van der Waals surface area contributed by atoms with Gasteiger partial charge in [-0.05, 0) is 30.5 Å². The lowest BCUT2D eigenvalue weighted by atomic mass is 10.0. The van der Waals surface area contributed by atoms with E-state index in [1.54, 1.807) is 17.5 Å². The first-order valence-corrected chi connectivity index (χ1v) is 9.83. The largest absolute Gasteiger partial charge is 0.503 e. The number of aliphatic hydroxyl groups excluding tert-OH is 1. The van der Waals surface area contributed by atoms with Crippen LogP contribution in [0.1, 0.15) is 25.5 Å². The number of amides is 1. The van der Waals surface area contributed by atoms with Crippen LogP contribution in [0, 0.1) is 6.92 Å². The van der Waals surface area contributed by atoms with Gasteiger partial charge in [-0.15, -0.1) is 32.9 Å². The van der Waals surface area contributed by atoms with Gasteiger partial charge in [-0.3, -0.25) is 14.5 Å². The van der Waals surface area contributed by atoms with Gasteiger partial charge in [0.05, 0.1) is 10.5 Å². The first-order chi connectivity index (χ1) is 12.1. The van der Waals surface area contributed by atoms with E-state index in [1.165, 1.54) is 44.4 Å². The van der Waals surface area contributed by atoms with Crippen molar-refractivity contribution < 1.29 is 14.7 Å². The zero-order chi connectivity index (χ0) is 17.6. The Morgan fingerprint density at radius 3 is 2.72 bits per heavy atom. The van der Waals surface area contributed by atoms with Crippen LogP contribution in [0.4, 0.5) is 5.13 Å². The fraction of sp³-hybridized carbons (Fsp3) is 0.125. The zero-order valence-corrected chi connectivity index (χ0v) is 15.3. The van der Waals surface area contributed by atoms with Crippen LogP contribution in [0.5, 0.6) is 0 Å². The number of rotatable bonds is 4. The Balaban J connectivity index is 1.87. The topological polar surface area (TPSA) is 83.4 Å². The van der Waals surface area contributed by atoms with E-state index in [9.17, 15) is 14.7 Å². The van der Waals surface area contributed by atoms with Crippen molar-refractivity contribution in [3.63, 3.8) is 0 Å². The molecule has 0 saturated carbocycles. The number of ketones is 1. The highest BCUT2D eigenvalue weighted by Crippen LogP contribution is 2.44. The maximum atomic E-state index is 13.0. The summed E-state index contributed by atoms with van der Waals surface area (Å²) in [4.78, 5) is 29.3. The number of hydrogen-bond acceptors (Lipinski definition) is 8. The van der Waals surface area contributed by atoms with Gasteiger partial charge < -0.3 is 5.11 Å². The van der Waals surface area contributed by atoms with Crippen molar-refractivity contribution >= 4 is 50.8 Å². The molecule has 6 nitrogen and oxygen atoms in total. The van der Waals surface area contributed by atoms with E-state index in [-0.39, 0.29) is 11.4 Å². The molecule has 0 aliphatic carbocycles. The van der Waals surface area contributed by atoms with E-state index >= 15 is 0 Å². The fourth-order valence-corrected chi connectivity index (χ4v) is 4.96. The van der Waals surface area contributed by atoms with Gasteiger partial charge in [-0.2, -0.15) is 0 Å². The molecule has 0 radical (unpaired) electrons. The van der Waals surface area contributed by atoms with E-state index in [0.717, 1.165) is 9.75 Å². The van der Waals surface area contributed by atoms with Crippen molar-refractivity contribution in [3.05, 3.63) is 61.1 Å². The number of aliphatic hydroxyl groups is 1. The molecular weight excluding hydrogens is 378 g/mol. The molecule has 1 unspecified atom stereocenters. The predicted octanol–water partition coefficient (Wildman–Crippen LogP) is 3.75. The lowest BCUT2D eigenvalue weighted by Crippen LogP contribution is -2.30. The summed E-state index contributed by atoms with van der Waals surface area (Å²) in [5, 5.41) is 20.3. The minimum atomic E-state index is -0.700. The Bertz CT molecular complexity index is 974. The number of aromatic nitrogens is 2. The number of carbonyl (C=O) groups excluding carboxylic acids is 2. The molecule has 9 heteroatoms. The molecule has 0 aromatic carbocycles. The number of aryl methyl sites for hydroxylation is 1. The second-order valence-corrected chi connectivity index (χ2v) is 8.39. The van der Waals surface area contributed by atoms with Crippen LogP contribution in [0.15, 0.2) is 46.5 Å². The molecule has 1 aliphatic rings. The minimum absolute atomic E-state index is 0.0875. The second kappa shape index (κ2) is 6.17. The quantitative estimate of drug-likeness (QED) is 0.687.